The lowest BCUT2D eigenvalue weighted by Crippen LogP contribution is -2.44. The van der Waals surface area contributed by atoms with Crippen molar-refractivity contribution in [2.24, 2.45) is 5.92 Å². The van der Waals surface area contributed by atoms with E-state index in [2.05, 4.69) is 34.5 Å². The minimum atomic E-state index is -0.888. The largest absolute Gasteiger partial charge is 0.463 e. The summed E-state index contributed by atoms with van der Waals surface area (Å²) in [6, 6.07) is 15.6. The first-order valence-corrected chi connectivity index (χ1v) is 14.5. The van der Waals surface area contributed by atoms with Crippen LogP contribution in [0.4, 0.5) is 4.39 Å². The summed E-state index contributed by atoms with van der Waals surface area (Å²) in [5.41, 5.74) is 3.27. The first kappa shape index (κ1) is 28.3. The van der Waals surface area contributed by atoms with E-state index in [-0.39, 0.29) is 17.7 Å². The van der Waals surface area contributed by atoms with Crippen LogP contribution in [0.15, 0.2) is 48.5 Å². The lowest BCUT2D eigenvalue weighted by Gasteiger charge is -2.25. The molecule has 5 nitrogen and oxygen atoms in total. The number of unbranched alkanes of at least 4 members (excludes halogenated alkanes) is 1. The van der Waals surface area contributed by atoms with Crippen molar-refractivity contribution in [3.63, 3.8) is 0 Å². The molecule has 206 valence electrons. The lowest BCUT2D eigenvalue weighted by atomic mass is 9.81. The molecule has 1 aliphatic heterocycles. The average Bonchev–Trinajstić information content (AvgIpc) is 3.40. The highest BCUT2D eigenvalue weighted by Gasteiger charge is 2.20. The molecule has 0 unspecified atom stereocenters. The van der Waals surface area contributed by atoms with Crippen LogP contribution in [0.5, 0.6) is 5.75 Å². The number of amides is 1. The highest BCUT2D eigenvalue weighted by atomic mass is 19.1. The summed E-state index contributed by atoms with van der Waals surface area (Å²) < 4.78 is 17.0. The average molecular weight is 523 g/mol. The number of benzene rings is 2. The van der Waals surface area contributed by atoms with Crippen LogP contribution in [0.25, 0.3) is 0 Å². The molecule has 38 heavy (non-hydrogen) atoms. The number of rotatable bonds is 16. The standard InChI is InChI=1S/C32H43FN2O3/c33-24-38-30-18-16-28(17-19-30)31(36)8-1-2-9-32(37)34-29(23-35-20-3-4-21-35)22-27-14-12-26(13-15-27)11-10-25-6-5-7-25/h12-19,25,29H,1-11,20-24H2,(H,34,37)/t29-/m0/s1. The van der Waals surface area contributed by atoms with Gasteiger partial charge in [0.15, 0.2) is 5.78 Å². The molecule has 2 aromatic carbocycles. The van der Waals surface area contributed by atoms with Crippen molar-refractivity contribution in [1.29, 1.82) is 0 Å². The van der Waals surface area contributed by atoms with Crippen LogP contribution >= 0.6 is 0 Å². The molecule has 4 rings (SSSR count). The molecule has 0 bridgehead atoms. The van der Waals surface area contributed by atoms with Crippen LogP contribution < -0.4 is 10.1 Å². The van der Waals surface area contributed by atoms with Gasteiger partial charge < -0.3 is 15.0 Å². The van der Waals surface area contributed by atoms with E-state index in [0.717, 1.165) is 32.0 Å². The molecule has 2 aromatic rings. The van der Waals surface area contributed by atoms with E-state index in [1.807, 2.05) is 0 Å². The number of alkyl halides is 1. The molecule has 2 aliphatic rings. The van der Waals surface area contributed by atoms with E-state index < -0.39 is 6.86 Å². The molecule has 6 heteroatoms. The molecule has 1 atom stereocenters. The molecule has 0 aromatic heterocycles. The first-order valence-electron chi connectivity index (χ1n) is 14.5. The second kappa shape index (κ2) is 15.0. The number of nitrogens with zero attached hydrogens (tertiary/aromatic N) is 1. The summed E-state index contributed by atoms with van der Waals surface area (Å²) in [4.78, 5) is 27.7. The third kappa shape index (κ3) is 9.23. The second-order valence-electron chi connectivity index (χ2n) is 11.0. The van der Waals surface area contributed by atoms with Gasteiger partial charge in [0.25, 0.3) is 0 Å². The van der Waals surface area contributed by atoms with Crippen LogP contribution in [-0.4, -0.2) is 49.1 Å². The minimum absolute atomic E-state index is 0.0280. The maximum Gasteiger partial charge on any atom is 0.228 e. The van der Waals surface area contributed by atoms with Crippen LogP contribution in [0, 0.1) is 5.92 Å². The number of Topliss-reactive ketones (excluding diaryl/α,β-unsaturated/α-hetero) is 1. The number of aryl methyl sites for hydroxylation is 1. The minimum Gasteiger partial charge on any atom is -0.463 e. The maximum absolute atomic E-state index is 12.8. The van der Waals surface area contributed by atoms with Crippen molar-refractivity contribution < 1.29 is 18.7 Å². The van der Waals surface area contributed by atoms with Crippen molar-refractivity contribution >= 4 is 11.7 Å². The summed E-state index contributed by atoms with van der Waals surface area (Å²) >= 11 is 0. The van der Waals surface area contributed by atoms with Gasteiger partial charge in [-0.25, -0.2) is 4.39 Å². The van der Waals surface area contributed by atoms with Crippen LogP contribution in [-0.2, 0) is 17.6 Å². The fourth-order valence-corrected chi connectivity index (χ4v) is 5.53. The quantitative estimate of drug-likeness (QED) is 0.208. The molecular formula is C32H43FN2O3. The van der Waals surface area contributed by atoms with Crippen molar-refractivity contribution in [3.05, 3.63) is 65.2 Å². The molecule has 1 saturated heterocycles. The van der Waals surface area contributed by atoms with Gasteiger partial charge in [-0.3, -0.25) is 9.59 Å². The smallest absolute Gasteiger partial charge is 0.228 e. The molecule has 1 heterocycles. The summed E-state index contributed by atoms with van der Waals surface area (Å²) in [5.74, 6) is 1.43. The summed E-state index contributed by atoms with van der Waals surface area (Å²) in [7, 11) is 0. The molecule has 0 spiro atoms. The number of carbonyl (C=O) groups excluding carboxylic acids is 2. The Bertz CT molecular complexity index is 998. The number of ether oxygens (including phenoxy) is 1. The number of nitrogens with one attached hydrogen (secondary N) is 1. The third-order valence-electron chi connectivity index (χ3n) is 8.07. The number of likely N-dealkylation sites (tertiary alicyclic amines) is 1. The summed E-state index contributed by atoms with van der Waals surface area (Å²) in [6.45, 7) is 2.21. The number of halogens is 1. The van der Waals surface area contributed by atoms with Crippen molar-refractivity contribution in [1.82, 2.24) is 10.2 Å². The maximum atomic E-state index is 12.8. The molecule has 2 fully saturated rings. The van der Waals surface area contributed by atoms with E-state index >= 15 is 0 Å². The van der Waals surface area contributed by atoms with E-state index in [1.54, 1.807) is 24.3 Å². The fraction of sp³-hybridized carbons (Fsp3) is 0.562. The van der Waals surface area contributed by atoms with E-state index in [0.29, 0.717) is 37.0 Å². The predicted octanol–water partition coefficient (Wildman–Crippen LogP) is 6.29. The van der Waals surface area contributed by atoms with Gasteiger partial charge in [0.2, 0.25) is 12.8 Å². The van der Waals surface area contributed by atoms with Crippen LogP contribution in [0.1, 0.15) is 85.7 Å². The number of hydrogen-bond donors (Lipinski definition) is 1. The van der Waals surface area contributed by atoms with Crippen molar-refractivity contribution in [3.8, 4) is 5.75 Å². The van der Waals surface area contributed by atoms with Gasteiger partial charge in [0.1, 0.15) is 5.75 Å². The zero-order valence-corrected chi connectivity index (χ0v) is 22.6. The van der Waals surface area contributed by atoms with E-state index in [4.69, 9.17) is 4.74 Å². The topological polar surface area (TPSA) is 58.6 Å². The highest BCUT2D eigenvalue weighted by Crippen LogP contribution is 2.30. The van der Waals surface area contributed by atoms with Crippen molar-refractivity contribution in [2.45, 2.75) is 83.1 Å². The zero-order chi connectivity index (χ0) is 26.6. The van der Waals surface area contributed by atoms with E-state index in [9.17, 15) is 14.0 Å². The van der Waals surface area contributed by atoms with Crippen LogP contribution in [0.2, 0.25) is 0 Å². The van der Waals surface area contributed by atoms with Crippen LogP contribution in [0.3, 0.4) is 0 Å². The SMILES string of the molecule is O=C(CCCCC(=O)c1ccc(OCF)cc1)N[C@@H](Cc1ccc(CCC2CCC2)cc1)CN1CCCC1. The zero-order valence-electron chi connectivity index (χ0n) is 22.6. The van der Waals surface area contributed by atoms with Gasteiger partial charge >= 0.3 is 0 Å². The van der Waals surface area contributed by atoms with Crippen molar-refractivity contribution in [2.75, 3.05) is 26.5 Å². The highest BCUT2D eigenvalue weighted by molar-refractivity contribution is 5.96. The molecule has 1 amide bonds. The number of ketones is 1. The molecule has 1 saturated carbocycles. The monoisotopic (exact) mass is 522 g/mol. The third-order valence-corrected chi connectivity index (χ3v) is 8.07. The van der Waals surface area contributed by atoms with Gasteiger partial charge in [-0.15, -0.1) is 0 Å². The fourth-order valence-electron chi connectivity index (χ4n) is 5.53. The molecule has 0 radical (unpaired) electrons. The Kier molecular flexibility index (Phi) is 11.2. The molecule has 1 N–H and O–H groups in total. The summed E-state index contributed by atoms with van der Waals surface area (Å²) in [5, 5.41) is 3.29. The van der Waals surface area contributed by atoms with Gasteiger partial charge in [-0.05, 0) is 99.3 Å². The van der Waals surface area contributed by atoms with Gasteiger partial charge in [-0.1, -0.05) is 43.5 Å². The number of carbonyl (C=O) groups is 2. The normalized spacial score (nSPS) is 16.7. The second-order valence-corrected chi connectivity index (χ2v) is 11.0. The first-order chi connectivity index (χ1) is 18.6. The predicted molar refractivity (Wildman–Crippen MR) is 149 cm³/mol. The lowest BCUT2D eigenvalue weighted by molar-refractivity contribution is -0.122. The Balaban J connectivity index is 1.20. The van der Waals surface area contributed by atoms with E-state index in [1.165, 1.54) is 56.1 Å². The Hall–Kier alpha value is -2.73. The number of hydrogen-bond acceptors (Lipinski definition) is 4. The Morgan fingerprint density at radius 3 is 2.26 bits per heavy atom. The summed E-state index contributed by atoms with van der Waals surface area (Å²) in [6.07, 6.45) is 12.1. The Labute approximate surface area is 227 Å². The Morgan fingerprint density at radius 2 is 1.61 bits per heavy atom. The van der Waals surface area contributed by atoms with Gasteiger partial charge in [-0.2, -0.15) is 0 Å². The van der Waals surface area contributed by atoms with Gasteiger partial charge in [0, 0.05) is 31.0 Å². The molecule has 1 aliphatic carbocycles. The molecular weight excluding hydrogens is 479 g/mol. The Morgan fingerprint density at radius 1 is 0.921 bits per heavy atom. The van der Waals surface area contributed by atoms with Gasteiger partial charge in [0.05, 0.1) is 0 Å².